The molecule has 0 saturated carbocycles. The minimum atomic E-state index is -3.89. The number of piperazine rings is 1. The fourth-order valence-electron chi connectivity index (χ4n) is 4.40. The number of carbonyl (C=O) groups excluding carboxylic acids is 1. The summed E-state index contributed by atoms with van der Waals surface area (Å²) in [5.74, 6) is -0.331. The van der Waals surface area contributed by atoms with Crippen molar-refractivity contribution in [2.45, 2.75) is 24.8 Å². The van der Waals surface area contributed by atoms with E-state index >= 15 is 0 Å². The van der Waals surface area contributed by atoms with Crippen LogP contribution < -0.4 is 14.9 Å². The smallest absolute Gasteiger partial charge is 0.248 e. The van der Waals surface area contributed by atoms with Crippen LogP contribution in [0.4, 0.5) is 11.4 Å². The van der Waals surface area contributed by atoms with Crippen LogP contribution >= 0.6 is 0 Å². The monoisotopic (exact) mass is 518 g/mol. The zero-order valence-electron chi connectivity index (χ0n) is 21.3. The Kier molecular flexibility index (Phi) is 8.76. The molecule has 1 aliphatic heterocycles. The molecule has 1 aliphatic rings. The molecule has 0 radical (unpaired) electrons. The van der Waals surface area contributed by atoms with Crippen molar-refractivity contribution in [1.29, 1.82) is 0 Å². The molecule has 37 heavy (non-hydrogen) atoms. The summed E-state index contributed by atoms with van der Waals surface area (Å²) < 4.78 is 30.2. The predicted octanol–water partition coefficient (Wildman–Crippen LogP) is 4.52. The minimum absolute atomic E-state index is 0.157. The second-order valence-electron chi connectivity index (χ2n) is 9.09. The van der Waals surface area contributed by atoms with Crippen LogP contribution in [0.3, 0.4) is 0 Å². The van der Waals surface area contributed by atoms with Crippen molar-refractivity contribution < 1.29 is 13.2 Å². The van der Waals surface area contributed by atoms with Crippen LogP contribution in [0.15, 0.2) is 89.8 Å². The van der Waals surface area contributed by atoms with Gasteiger partial charge in [0.1, 0.15) is 4.90 Å². The number of hydrogen-bond donors (Lipinski definition) is 2. The van der Waals surface area contributed by atoms with Crippen LogP contribution in [0.25, 0.3) is 6.08 Å². The quantitative estimate of drug-likeness (QED) is 0.407. The van der Waals surface area contributed by atoms with Crippen LogP contribution in [0.5, 0.6) is 0 Å². The molecule has 194 valence electrons. The number of nitrogens with zero attached hydrogens (tertiary/aromatic N) is 2. The lowest BCUT2D eigenvalue weighted by Gasteiger charge is -2.36. The Morgan fingerprint density at radius 3 is 2.24 bits per heavy atom. The van der Waals surface area contributed by atoms with Gasteiger partial charge in [-0.05, 0) is 48.9 Å². The molecule has 1 fully saturated rings. The highest BCUT2D eigenvalue weighted by atomic mass is 32.2. The summed E-state index contributed by atoms with van der Waals surface area (Å²) in [7, 11) is -3.89. The molecule has 3 aromatic carbocycles. The lowest BCUT2D eigenvalue weighted by molar-refractivity contribution is -0.111. The first-order valence-electron chi connectivity index (χ1n) is 12.6. The van der Waals surface area contributed by atoms with Gasteiger partial charge in [0.2, 0.25) is 15.9 Å². The lowest BCUT2D eigenvalue weighted by atomic mass is 10.1. The third-order valence-electron chi connectivity index (χ3n) is 6.54. The summed E-state index contributed by atoms with van der Waals surface area (Å²) in [5.41, 5.74) is 2.84. The highest BCUT2D eigenvalue weighted by molar-refractivity contribution is 7.89. The Labute approximate surface area is 219 Å². The molecule has 1 heterocycles. The van der Waals surface area contributed by atoms with E-state index < -0.39 is 16.1 Å². The third-order valence-corrected chi connectivity index (χ3v) is 8.11. The van der Waals surface area contributed by atoms with Crippen LogP contribution in [-0.2, 0) is 14.8 Å². The maximum atomic E-state index is 13.7. The van der Waals surface area contributed by atoms with Crippen molar-refractivity contribution in [2.24, 2.45) is 0 Å². The SMILES string of the molecule is CCN1CCN(c2ccc(NC(=O)/C=C/c3ccccc3)cc2S(=O)(=O)N[C@H](C)c2ccccc2)CC1. The molecule has 3 aromatic rings. The van der Waals surface area contributed by atoms with Gasteiger partial charge in [-0.3, -0.25) is 4.79 Å². The Morgan fingerprint density at radius 1 is 0.946 bits per heavy atom. The predicted molar refractivity (Wildman–Crippen MR) is 150 cm³/mol. The molecular formula is C29H34N4O3S. The van der Waals surface area contributed by atoms with Gasteiger partial charge in [0.25, 0.3) is 0 Å². The van der Waals surface area contributed by atoms with Crippen molar-refractivity contribution in [2.75, 3.05) is 42.9 Å². The number of amides is 1. The van der Waals surface area contributed by atoms with Crippen LogP contribution in [-0.4, -0.2) is 51.9 Å². The van der Waals surface area contributed by atoms with E-state index in [1.54, 1.807) is 24.3 Å². The molecule has 1 saturated heterocycles. The highest BCUT2D eigenvalue weighted by Gasteiger charge is 2.27. The molecule has 0 unspecified atom stereocenters. The van der Waals surface area contributed by atoms with Gasteiger partial charge in [0.05, 0.1) is 5.69 Å². The summed E-state index contributed by atoms with van der Waals surface area (Å²) in [5, 5.41) is 2.81. The van der Waals surface area contributed by atoms with Crippen LogP contribution in [0.2, 0.25) is 0 Å². The molecule has 0 aromatic heterocycles. The van der Waals surface area contributed by atoms with Gasteiger partial charge in [-0.1, -0.05) is 67.6 Å². The highest BCUT2D eigenvalue weighted by Crippen LogP contribution is 2.30. The number of rotatable bonds is 9. The molecule has 0 aliphatic carbocycles. The molecule has 0 spiro atoms. The molecule has 4 rings (SSSR count). The standard InChI is InChI=1S/C29H34N4O3S/c1-3-32-18-20-33(21-19-32)27-16-15-26(30-29(34)17-14-24-10-6-4-7-11-24)22-28(27)37(35,36)31-23(2)25-12-8-5-9-13-25/h4-17,22-23,31H,3,18-21H2,1-2H3,(H,30,34)/b17-14+/t23-/m1/s1. The molecular weight excluding hydrogens is 484 g/mol. The molecule has 2 N–H and O–H groups in total. The van der Waals surface area contributed by atoms with E-state index in [9.17, 15) is 13.2 Å². The summed E-state index contributed by atoms with van der Waals surface area (Å²) in [6.45, 7) is 8.12. The molecule has 8 heteroatoms. The van der Waals surface area contributed by atoms with Gasteiger partial charge in [0, 0.05) is 44.0 Å². The van der Waals surface area contributed by atoms with Crippen LogP contribution in [0, 0.1) is 0 Å². The van der Waals surface area contributed by atoms with Gasteiger partial charge in [0.15, 0.2) is 0 Å². The number of carbonyl (C=O) groups is 1. The Balaban J connectivity index is 1.60. The van der Waals surface area contributed by atoms with E-state index in [0.717, 1.165) is 43.9 Å². The average Bonchev–Trinajstić information content (AvgIpc) is 2.93. The van der Waals surface area contributed by atoms with Crippen molar-refractivity contribution in [3.63, 3.8) is 0 Å². The number of sulfonamides is 1. The zero-order valence-corrected chi connectivity index (χ0v) is 22.1. The van der Waals surface area contributed by atoms with Crippen molar-refractivity contribution in [3.8, 4) is 0 Å². The van der Waals surface area contributed by atoms with E-state index in [0.29, 0.717) is 11.4 Å². The molecule has 0 bridgehead atoms. The van der Waals surface area contributed by atoms with E-state index in [4.69, 9.17) is 0 Å². The number of hydrogen-bond acceptors (Lipinski definition) is 5. The summed E-state index contributed by atoms with van der Waals surface area (Å²) in [4.78, 5) is 17.2. The van der Waals surface area contributed by atoms with E-state index in [1.165, 1.54) is 6.08 Å². The fourth-order valence-corrected chi connectivity index (χ4v) is 5.88. The molecule has 7 nitrogen and oxygen atoms in total. The maximum absolute atomic E-state index is 13.7. The van der Waals surface area contributed by atoms with Crippen LogP contribution in [0.1, 0.15) is 31.0 Å². The second-order valence-corrected chi connectivity index (χ2v) is 10.8. The minimum Gasteiger partial charge on any atom is -0.368 e. The van der Waals surface area contributed by atoms with Gasteiger partial charge < -0.3 is 15.1 Å². The largest absolute Gasteiger partial charge is 0.368 e. The van der Waals surface area contributed by atoms with Crippen molar-refractivity contribution >= 4 is 33.4 Å². The maximum Gasteiger partial charge on any atom is 0.248 e. The van der Waals surface area contributed by atoms with Gasteiger partial charge >= 0.3 is 0 Å². The van der Waals surface area contributed by atoms with Gasteiger partial charge in [-0.15, -0.1) is 0 Å². The first-order valence-corrected chi connectivity index (χ1v) is 14.1. The Hall–Kier alpha value is -3.46. The summed E-state index contributed by atoms with van der Waals surface area (Å²) >= 11 is 0. The molecule has 1 amide bonds. The van der Waals surface area contributed by atoms with Crippen molar-refractivity contribution in [3.05, 3.63) is 96.1 Å². The first-order chi connectivity index (χ1) is 17.9. The van der Waals surface area contributed by atoms with Gasteiger partial charge in [-0.2, -0.15) is 0 Å². The first kappa shape index (κ1) is 26.6. The Bertz CT molecular complexity index is 1320. The summed E-state index contributed by atoms with van der Waals surface area (Å²) in [6, 6.07) is 23.7. The lowest BCUT2D eigenvalue weighted by Crippen LogP contribution is -2.46. The normalized spacial score (nSPS) is 15.6. The average molecular weight is 519 g/mol. The summed E-state index contributed by atoms with van der Waals surface area (Å²) in [6.07, 6.45) is 3.16. The van der Waals surface area contributed by atoms with E-state index in [1.807, 2.05) is 67.6 Å². The topological polar surface area (TPSA) is 81.8 Å². The zero-order chi connectivity index (χ0) is 26.3. The third kappa shape index (κ3) is 7.07. The number of anilines is 2. The van der Waals surface area contributed by atoms with Crippen molar-refractivity contribution in [1.82, 2.24) is 9.62 Å². The van der Waals surface area contributed by atoms with E-state index in [2.05, 4.69) is 26.8 Å². The van der Waals surface area contributed by atoms with Gasteiger partial charge in [-0.25, -0.2) is 13.1 Å². The molecule has 1 atom stereocenters. The van der Waals surface area contributed by atoms with E-state index in [-0.39, 0.29) is 10.8 Å². The second kappa shape index (κ2) is 12.2. The Morgan fingerprint density at radius 2 is 1.59 bits per heavy atom. The number of benzene rings is 3. The fraction of sp³-hybridized carbons (Fsp3) is 0.276. The number of nitrogens with one attached hydrogen (secondary N) is 2. The number of likely N-dealkylation sites (N-methyl/N-ethyl adjacent to an activating group) is 1.